The summed E-state index contributed by atoms with van der Waals surface area (Å²) in [5.74, 6) is 1.52. The molecule has 1 saturated heterocycles. The van der Waals surface area contributed by atoms with Gasteiger partial charge >= 0.3 is 5.69 Å². The second kappa shape index (κ2) is 5.06. The Hall–Kier alpha value is -1.89. The molecule has 0 unspecified atom stereocenters. The molecule has 4 fully saturated rings. The Kier molecular flexibility index (Phi) is 3.11. The van der Waals surface area contributed by atoms with Crippen LogP contribution in [0.25, 0.3) is 11.2 Å². The molecule has 7 nitrogen and oxygen atoms in total. The van der Waals surface area contributed by atoms with Crippen molar-refractivity contribution in [2.45, 2.75) is 76.7 Å². The number of H-pyrrole nitrogens is 1. The van der Waals surface area contributed by atoms with Crippen LogP contribution in [0.3, 0.4) is 0 Å². The summed E-state index contributed by atoms with van der Waals surface area (Å²) >= 11 is 0. The molecule has 3 saturated carbocycles. The fourth-order valence-corrected chi connectivity index (χ4v) is 5.02. The van der Waals surface area contributed by atoms with Crippen LogP contribution in [-0.2, 0) is 23.2 Å². The first-order valence-corrected chi connectivity index (χ1v) is 9.47. The average molecular weight is 344 g/mol. The summed E-state index contributed by atoms with van der Waals surface area (Å²) in [6, 6.07) is 0. The SMILES string of the molecule is CCCn1c(=O)c2[nH]c([C@]34C[C@H]5O[C@H]5[C@H](C3)C4)nc2n(CCC)c1=O. The summed E-state index contributed by atoms with van der Waals surface area (Å²) in [6.07, 6.45) is 5.55. The van der Waals surface area contributed by atoms with E-state index in [0.29, 0.717) is 42.4 Å². The lowest BCUT2D eigenvalue weighted by atomic mass is 9.54. The maximum Gasteiger partial charge on any atom is 0.332 e. The minimum Gasteiger partial charge on any atom is -0.369 e. The summed E-state index contributed by atoms with van der Waals surface area (Å²) < 4.78 is 8.76. The van der Waals surface area contributed by atoms with Crippen LogP contribution in [0.4, 0.5) is 0 Å². The van der Waals surface area contributed by atoms with Gasteiger partial charge in [0, 0.05) is 18.5 Å². The van der Waals surface area contributed by atoms with Gasteiger partial charge in [0.25, 0.3) is 5.56 Å². The van der Waals surface area contributed by atoms with Gasteiger partial charge in [-0.15, -0.1) is 0 Å². The Morgan fingerprint density at radius 2 is 1.88 bits per heavy atom. The van der Waals surface area contributed by atoms with Gasteiger partial charge in [0.2, 0.25) is 0 Å². The van der Waals surface area contributed by atoms with E-state index in [9.17, 15) is 9.59 Å². The van der Waals surface area contributed by atoms with Crippen LogP contribution < -0.4 is 11.2 Å². The topological polar surface area (TPSA) is 85.2 Å². The molecule has 1 N–H and O–H groups in total. The average Bonchev–Trinajstić information content (AvgIpc) is 3.24. The summed E-state index contributed by atoms with van der Waals surface area (Å²) in [7, 11) is 0. The summed E-state index contributed by atoms with van der Waals surface area (Å²) in [6.45, 7) is 5.02. The van der Waals surface area contributed by atoms with Gasteiger partial charge in [0.05, 0.1) is 12.2 Å². The second-order valence-corrected chi connectivity index (χ2v) is 7.97. The number of nitrogens with one attached hydrogen (secondary N) is 1. The van der Waals surface area contributed by atoms with E-state index in [2.05, 4.69) is 4.98 Å². The van der Waals surface area contributed by atoms with Crippen LogP contribution >= 0.6 is 0 Å². The van der Waals surface area contributed by atoms with E-state index in [1.54, 1.807) is 4.57 Å². The first-order chi connectivity index (χ1) is 12.1. The molecule has 4 aliphatic rings. The number of ether oxygens (including phenoxy) is 1. The quantitative estimate of drug-likeness (QED) is 0.834. The number of fused-ring (bicyclic) bond motifs is 1. The number of aromatic nitrogens is 4. The number of aromatic amines is 1. The number of epoxide rings is 1. The van der Waals surface area contributed by atoms with E-state index in [-0.39, 0.29) is 16.7 Å². The zero-order valence-corrected chi connectivity index (χ0v) is 14.7. The molecular formula is C18H24N4O3. The Morgan fingerprint density at radius 1 is 1.16 bits per heavy atom. The van der Waals surface area contributed by atoms with Crippen molar-refractivity contribution in [3.05, 3.63) is 26.7 Å². The molecule has 2 bridgehead atoms. The molecule has 0 spiro atoms. The van der Waals surface area contributed by atoms with Gasteiger partial charge in [-0.3, -0.25) is 13.9 Å². The van der Waals surface area contributed by atoms with Gasteiger partial charge in [-0.05, 0) is 38.0 Å². The van der Waals surface area contributed by atoms with E-state index in [4.69, 9.17) is 9.72 Å². The minimum absolute atomic E-state index is 0.0104. The first kappa shape index (κ1) is 15.4. The summed E-state index contributed by atoms with van der Waals surface area (Å²) in [4.78, 5) is 33.7. The van der Waals surface area contributed by atoms with E-state index in [0.717, 1.165) is 37.9 Å². The third-order valence-electron chi connectivity index (χ3n) is 6.24. The Morgan fingerprint density at radius 3 is 2.56 bits per heavy atom. The van der Waals surface area contributed by atoms with Crippen molar-refractivity contribution >= 4 is 11.2 Å². The fraction of sp³-hybridized carbons (Fsp3) is 0.722. The molecule has 1 aliphatic heterocycles. The smallest absolute Gasteiger partial charge is 0.332 e. The predicted molar refractivity (Wildman–Crippen MR) is 92.9 cm³/mol. The van der Waals surface area contributed by atoms with Crippen molar-refractivity contribution in [1.82, 2.24) is 19.1 Å². The van der Waals surface area contributed by atoms with Gasteiger partial charge < -0.3 is 9.72 Å². The largest absolute Gasteiger partial charge is 0.369 e. The highest BCUT2D eigenvalue weighted by Gasteiger charge is 2.65. The fourth-order valence-electron chi connectivity index (χ4n) is 5.02. The molecule has 3 aliphatic carbocycles. The lowest BCUT2D eigenvalue weighted by Gasteiger charge is -2.49. The Labute approximate surface area is 145 Å². The third-order valence-corrected chi connectivity index (χ3v) is 6.24. The highest BCUT2D eigenvalue weighted by atomic mass is 16.6. The van der Waals surface area contributed by atoms with Gasteiger partial charge in [0.15, 0.2) is 5.65 Å². The summed E-state index contributed by atoms with van der Waals surface area (Å²) in [5.41, 5.74) is 0.536. The maximum absolute atomic E-state index is 12.8. The number of aryl methyl sites for hydroxylation is 1. The molecule has 2 aromatic rings. The molecule has 0 aromatic carbocycles. The van der Waals surface area contributed by atoms with Crippen LogP contribution in [0.1, 0.15) is 51.8 Å². The number of imidazole rings is 1. The number of hydrogen-bond donors (Lipinski definition) is 1. The van der Waals surface area contributed by atoms with Crippen LogP contribution in [0.2, 0.25) is 0 Å². The lowest BCUT2D eigenvalue weighted by molar-refractivity contribution is 0.0862. The highest BCUT2D eigenvalue weighted by Crippen LogP contribution is 2.62. The van der Waals surface area contributed by atoms with Crippen molar-refractivity contribution in [2.24, 2.45) is 5.92 Å². The predicted octanol–water partition coefficient (Wildman–Crippen LogP) is 1.53. The summed E-state index contributed by atoms with van der Waals surface area (Å²) in [5, 5.41) is 0. The van der Waals surface area contributed by atoms with E-state index in [1.165, 1.54) is 4.57 Å². The number of hydrogen-bond acceptors (Lipinski definition) is 4. The van der Waals surface area contributed by atoms with Gasteiger partial charge in [-0.2, -0.15) is 0 Å². The molecule has 6 rings (SSSR count). The molecule has 25 heavy (non-hydrogen) atoms. The molecule has 0 radical (unpaired) electrons. The van der Waals surface area contributed by atoms with Crippen molar-refractivity contribution in [1.29, 1.82) is 0 Å². The number of nitrogens with zero attached hydrogens (tertiary/aromatic N) is 3. The minimum atomic E-state index is -0.239. The molecule has 2 aromatic heterocycles. The van der Waals surface area contributed by atoms with Crippen LogP contribution in [0, 0.1) is 5.92 Å². The first-order valence-electron chi connectivity index (χ1n) is 9.47. The van der Waals surface area contributed by atoms with Crippen LogP contribution in [0.5, 0.6) is 0 Å². The molecular weight excluding hydrogens is 320 g/mol. The maximum atomic E-state index is 12.8. The third kappa shape index (κ3) is 1.99. The lowest BCUT2D eigenvalue weighted by Crippen LogP contribution is -2.49. The normalized spacial score (nSPS) is 32.5. The van der Waals surface area contributed by atoms with Gasteiger partial charge in [0.1, 0.15) is 11.3 Å². The van der Waals surface area contributed by atoms with Crippen molar-refractivity contribution < 1.29 is 4.74 Å². The zero-order valence-electron chi connectivity index (χ0n) is 14.7. The molecule has 134 valence electrons. The van der Waals surface area contributed by atoms with Crippen molar-refractivity contribution in [3.63, 3.8) is 0 Å². The molecule has 2 atom stereocenters. The van der Waals surface area contributed by atoms with E-state index >= 15 is 0 Å². The molecule has 7 heteroatoms. The van der Waals surface area contributed by atoms with Crippen LogP contribution in [0.15, 0.2) is 9.59 Å². The van der Waals surface area contributed by atoms with Gasteiger partial charge in [-0.1, -0.05) is 13.8 Å². The Balaban J connectivity index is 1.68. The second-order valence-electron chi connectivity index (χ2n) is 7.97. The Bertz CT molecular complexity index is 963. The molecule has 3 heterocycles. The number of rotatable bonds is 5. The van der Waals surface area contributed by atoms with Crippen LogP contribution in [-0.4, -0.2) is 31.3 Å². The van der Waals surface area contributed by atoms with E-state index in [1.807, 2.05) is 13.8 Å². The molecule has 0 amide bonds. The van der Waals surface area contributed by atoms with Gasteiger partial charge in [-0.25, -0.2) is 9.78 Å². The monoisotopic (exact) mass is 344 g/mol. The highest BCUT2D eigenvalue weighted by molar-refractivity contribution is 5.70. The zero-order chi connectivity index (χ0) is 17.3. The van der Waals surface area contributed by atoms with E-state index < -0.39 is 0 Å². The van der Waals surface area contributed by atoms with Crippen molar-refractivity contribution in [3.8, 4) is 0 Å². The standard InChI is InChI=1S/C18H24N4O3/c1-3-5-21-14-12(15(23)22(6-4-2)17(21)24)19-16(20-14)18-7-10(8-18)13-11(9-18)25-13/h10-11,13H,3-9H2,1-2H3,(H,19,20)/t10-,11-,13+,18-/m1/s1. The van der Waals surface area contributed by atoms with Crippen molar-refractivity contribution in [2.75, 3.05) is 0 Å².